The topological polar surface area (TPSA) is 66.0 Å². The van der Waals surface area contributed by atoms with Crippen molar-refractivity contribution in [1.29, 1.82) is 0 Å². The third kappa shape index (κ3) is 1.87. The number of nitrogens with one attached hydrogen (secondary N) is 1. The zero-order chi connectivity index (χ0) is 9.14. The van der Waals surface area contributed by atoms with Crippen LogP contribution in [0.5, 0.6) is 0 Å². The molecule has 0 saturated carbocycles. The van der Waals surface area contributed by atoms with E-state index in [1.54, 1.807) is 0 Å². The third-order valence-corrected chi connectivity index (χ3v) is 1.70. The maximum atomic E-state index is 5.54. The molecule has 1 atom stereocenters. The van der Waals surface area contributed by atoms with Crippen LogP contribution in [0.2, 0.25) is 0 Å². The van der Waals surface area contributed by atoms with Crippen molar-refractivity contribution in [3.8, 4) is 0 Å². The molecule has 5 nitrogen and oxygen atoms in total. The maximum absolute atomic E-state index is 5.54. The molecular formula is C7H15N5. The predicted octanol–water partition coefficient (Wildman–Crippen LogP) is -0.442. The van der Waals surface area contributed by atoms with Crippen LogP contribution >= 0.6 is 0 Å². The summed E-state index contributed by atoms with van der Waals surface area (Å²) >= 11 is 0. The highest BCUT2D eigenvalue weighted by molar-refractivity contribution is 5.95. The molecule has 0 fully saturated rings. The molecule has 0 aliphatic carbocycles. The Morgan fingerprint density at radius 1 is 1.67 bits per heavy atom. The summed E-state index contributed by atoms with van der Waals surface area (Å²) in [7, 11) is 1.94. The molecule has 68 valence electrons. The average molecular weight is 169 g/mol. The molecule has 12 heavy (non-hydrogen) atoms. The standard InChI is InChI=1S/C7H15N5/c1-4-12(3)7-10-5(2)9-6(8)11-7/h5H,4H2,1-3H3,(H3,8,9,10,11). The number of guanidine groups is 2. The van der Waals surface area contributed by atoms with Crippen LogP contribution in [-0.2, 0) is 0 Å². The van der Waals surface area contributed by atoms with Crippen molar-refractivity contribution in [2.45, 2.75) is 20.0 Å². The fraction of sp³-hybridized carbons (Fsp3) is 0.714. The summed E-state index contributed by atoms with van der Waals surface area (Å²) in [5.74, 6) is 1.13. The van der Waals surface area contributed by atoms with Crippen molar-refractivity contribution >= 4 is 11.9 Å². The van der Waals surface area contributed by atoms with Gasteiger partial charge >= 0.3 is 0 Å². The molecule has 0 bridgehead atoms. The summed E-state index contributed by atoms with van der Waals surface area (Å²) in [5.41, 5.74) is 5.54. The molecule has 0 aromatic carbocycles. The Morgan fingerprint density at radius 2 is 2.33 bits per heavy atom. The minimum absolute atomic E-state index is 0.0199. The summed E-state index contributed by atoms with van der Waals surface area (Å²) in [5, 5.41) is 2.90. The monoisotopic (exact) mass is 169 g/mol. The molecule has 1 aliphatic heterocycles. The summed E-state index contributed by atoms with van der Waals surface area (Å²) in [6, 6.07) is 0. The van der Waals surface area contributed by atoms with Crippen molar-refractivity contribution < 1.29 is 0 Å². The molecular weight excluding hydrogens is 154 g/mol. The second kappa shape index (κ2) is 3.42. The van der Waals surface area contributed by atoms with Crippen LogP contribution in [0.3, 0.4) is 0 Å². The number of aliphatic imine (C=N–C) groups is 2. The van der Waals surface area contributed by atoms with E-state index in [0.717, 1.165) is 6.54 Å². The maximum Gasteiger partial charge on any atom is 0.225 e. The Morgan fingerprint density at radius 3 is 2.83 bits per heavy atom. The Balaban J connectivity index is 2.75. The lowest BCUT2D eigenvalue weighted by molar-refractivity contribution is 0.512. The molecule has 1 unspecified atom stereocenters. The number of nitrogens with two attached hydrogens (primary N) is 1. The van der Waals surface area contributed by atoms with E-state index in [-0.39, 0.29) is 6.17 Å². The molecule has 0 aromatic heterocycles. The molecule has 0 saturated heterocycles. The molecule has 1 rings (SSSR count). The van der Waals surface area contributed by atoms with E-state index in [1.807, 2.05) is 25.8 Å². The Labute approximate surface area is 72.4 Å². The first kappa shape index (κ1) is 8.83. The molecule has 0 radical (unpaired) electrons. The lowest BCUT2D eigenvalue weighted by Gasteiger charge is -2.22. The first-order valence-electron chi connectivity index (χ1n) is 4.03. The minimum atomic E-state index is 0.0199. The van der Waals surface area contributed by atoms with Crippen molar-refractivity contribution in [2.24, 2.45) is 15.7 Å². The van der Waals surface area contributed by atoms with Gasteiger partial charge in [-0.2, -0.15) is 4.99 Å². The second-order valence-corrected chi connectivity index (χ2v) is 2.76. The lowest BCUT2D eigenvalue weighted by atomic mass is 10.5. The first-order chi connectivity index (χ1) is 5.63. The van der Waals surface area contributed by atoms with Crippen LogP contribution in [0.1, 0.15) is 13.8 Å². The van der Waals surface area contributed by atoms with Crippen LogP contribution in [0.25, 0.3) is 0 Å². The predicted molar refractivity (Wildman–Crippen MR) is 50.0 cm³/mol. The van der Waals surface area contributed by atoms with E-state index < -0.39 is 0 Å². The van der Waals surface area contributed by atoms with Gasteiger partial charge in [-0.3, -0.25) is 0 Å². The fourth-order valence-electron chi connectivity index (χ4n) is 0.914. The molecule has 0 spiro atoms. The van der Waals surface area contributed by atoms with Gasteiger partial charge in [0.15, 0.2) is 5.96 Å². The lowest BCUT2D eigenvalue weighted by Crippen LogP contribution is -2.44. The van der Waals surface area contributed by atoms with E-state index in [2.05, 4.69) is 15.3 Å². The smallest absolute Gasteiger partial charge is 0.225 e. The molecule has 0 aromatic rings. The van der Waals surface area contributed by atoms with Crippen molar-refractivity contribution in [1.82, 2.24) is 10.2 Å². The van der Waals surface area contributed by atoms with Crippen LogP contribution < -0.4 is 11.1 Å². The van der Waals surface area contributed by atoms with E-state index in [1.165, 1.54) is 0 Å². The average Bonchev–Trinajstić information content (AvgIpc) is 2.01. The summed E-state index contributed by atoms with van der Waals surface area (Å²) in [4.78, 5) is 10.3. The van der Waals surface area contributed by atoms with E-state index >= 15 is 0 Å². The molecule has 5 heteroatoms. The van der Waals surface area contributed by atoms with E-state index in [9.17, 15) is 0 Å². The second-order valence-electron chi connectivity index (χ2n) is 2.76. The van der Waals surface area contributed by atoms with Crippen LogP contribution in [-0.4, -0.2) is 36.6 Å². The fourth-order valence-corrected chi connectivity index (χ4v) is 0.914. The van der Waals surface area contributed by atoms with Gasteiger partial charge in [-0.15, -0.1) is 0 Å². The first-order valence-corrected chi connectivity index (χ1v) is 4.03. The molecule has 1 aliphatic rings. The van der Waals surface area contributed by atoms with Crippen LogP contribution in [0.15, 0.2) is 9.98 Å². The normalized spacial score (nSPS) is 22.4. The van der Waals surface area contributed by atoms with Gasteiger partial charge in [0.1, 0.15) is 6.17 Å². The SMILES string of the molecule is CCN(C)C1=NC(C)NC(N)=N1. The summed E-state index contributed by atoms with van der Waals surface area (Å²) in [6.45, 7) is 4.86. The van der Waals surface area contributed by atoms with Crippen molar-refractivity contribution in [2.75, 3.05) is 13.6 Å². The van der Waals surface area contributed by atoms with Gasteiger partial charge in [0.2, 0.25) is 5.96 Å². The number of nitrogens with zero attached hydrogens (tertiary/aromatic N) is 3. The third-order valence-electron chi connectivity index (χ3n) is 1.70. The molecule has 3 N–H and O–H groups in total. The van der Waals surface area contributed by atoms with Crippen LogP contribution in [0, 0.1) is 0 Å². The highest BCUT2D eigenvalue weighted by Crippen LogP contribution is 1.98. The zero-order valence-corrected chi connectivity index (χ0v) is 7.70. The summed E-state index contributed by atoms with van der Waals surface area (Å²) < 4.78 is 0. The largest absolute Gasteiger partial charge is 0.370 e. The Bertz CT molecular complexity index is 220. The number of rotatable bonds is 1. The highest BCUT2D eigenvalue weighted by atomic mass is 15.3. The van der Waals surface area contributed by atoms with Gasteiger partial charge in [0.25, 0.3) is 0 Å². The number of hydrogen-bond donors (Lipinski definition) is 2. The quantitative estimate of drug-likeness (QED) is 0.559. The van der Waals surface area contributed by atoms with Gasteiger partial charge in [-0.25, -0.2) is 4.99 Å². The van der Waals surface area contributed by atoms with Crippen molar-refractivity contribution in [3.05, 3.63) is 0 Å². The van der Waals surface area contributed by atoms with Gasteiger partial charge in [-0.05, 0) is 13.8 Å². The van der Waals surface area contributed by atoms with E-state index in [0.29, 0.717) is 11.9 Å². The van der Waals surface area contributed by atoms with Crippen molar-refractivity contribution in [3.63, 3.8) is 0 Å². The Kier molecular flexibility index (Phi) is 2.52. The van der Waals surface area contributed by atoms with E-state index in [4.69, 9.17) is 5.73 Å². The minimum Gasteiger partial charge on any atom is -0.370 e. The molecule has 1 heterocycles. The summed E-state index contributed by atoms with van der Waals surface area (Å²) in [6.07, 6.45) is 0.0199. The van der Waals surface area contributed by atoms with Gasteiger partial charge in [0, 0.05) is 13.6 Å². The van der Waals surface area contributed by atoms with Gasteiger partial charge < -0.3 is 16.0 Å². The zero-order valence-electron chi connectivity index (χ0n) is 7.70. The van der Waals surface area contributed by atoms with Crippen LogP contribution in [0.4, 0.5) is 0 Å². The Hall–Kier alpha value is -1.26. The number of hydrogen-bond acceptors (Lipinski definition) is 5. The van der Waals surface area contributed by atoms with Gasteiger partial charge in [0.05, 0.1) is 0 Å². The van der Waals surface area contributed by atoms with Gasteiger partial charge in [-0.1, -0.05) is 0 Å². The highest BCUT2D eigenvalue weighted by Gasteiger charge is 2.12. The molecule has 0 amide bonds.